The van der Waals surface area contributed by atoms with Crippen LogP contribution in [0.25, 0.3) is 0 Å². The summed E-state index contributed by atoms with van der Waals surface area (Å²) in [6.07, 6.45) is 8.61. The van der Waals surface area contributed by atoms with Crippen LogP contribution in [0.4, 0.5) is 0 Å². The molecule has 5 heteroatoms. The Kier molecular flexibility index (Phi) is 5.28. The van der Waals surface area contributed by atoms with Crippen LogP contribution in [0.5, 0.6) is 0 Å². The Bertz CT molecular complexity index is 940. The Hall–Kier alpha value is -2.69. The molecule has 3 aliphatic rings. The van der Waals surface area contributed by atoms with Crippen molar-refractivity contribution in [1.29, 1.82) is 0 Å². The van der Waals surface area contributed by atoms with Crippen molar-refractivity contribution >= 4 is 11.8 Å². The highest BCUT2D eigenvalue weighted by Crippen LogP contribution is 2.46. The van der Waals surface area contributed by atoms with Gasteiger partial charge in [0.2, 0.25) is 11.8 Å². The van der Waals surface area contributed by atoms with E-state index in [1.807, 2.05) is 46.2 Å². The first kappa shape index (κ1) is 20.2. The van der Waals surface area contributed by atoms with Crippen molar-refractivity contribution in [2.45, 2.75) is 56.9 Å². The molecule has 5 nitrogen and oxygen atoms in total. The molecular weight excluding hydrogens is 386 g/mol. The molecule has 3 fully saturated rings. The van der Waals surface area contributed by atoms with Gasteiger partial charge in [0.25, 0.3) is 0 Å². The number of aromatic nitrogens is 1. The number of hydrogen-bond donors (Lipinski definition) is 0. The van der Waals surface area contributed by atoms with E-state index in [9.17, 15) is 9.59 Å². The number of likely N-dealkylation sites (tertiary alicyclic amines) is 2. The first-order valence-corrected chi connectivity index (χ1v) is 11.7. The molecule has 1 aliphatic carbocycles. The highest BCUT2D eigenvalue weighted by Gasteiger charge is 2.54. The first-order chi connectivity index (χ1) is 15.1. The molecule has 1 atom stereocenters. The van der Waals surface area contributed by atoms with Crippen molar-refractivity contribution in [3.8, 4) is 0 Å². The molecule has 5 rings (SSSR count). The first-order valence-electron chi connectivity index (χ1n) is 11.7. The smallest absolute Gasteiger partial charge is 0.233 e. The molecule has 1 unspecified atom stereocenters. The fourth-order valence-corrected chi connectivity index (χ4v) is 6.00. The van der Waals surface area contributed by atoms with Gasteiger partial charge in [-0.3, -0.25) is 14.6 Å². The van der Waals surface area contributed by atoms with E-state index in [-0.39, 0.29) is 11.8 Å². The molecular formula is C26H31N3O2. The zero-order valence-electron chi connectivity index (χ0n) is 18.1. The summed E-state index contributed by atoms with van der Waals surface area (Å²) >= 11 is 0. The minimum atomic E-state index is -0.416. The number of pyridine rings is 1. The summed E-state index contributed by atoms with van der Waals surface area (Å²) in [7, 11) is 0. The van der Waals surface area contributed by atoms with E-state index in [1.165, 1.54) is 6.42 Å². The average Bonchev–Trinajstić information content (AvgIpc) is 3.40. The summed E-state index contributed by atoms with van der Waals surface area (Å²) in [5, 5.41) is 0. The minimum absolute atomic E-state index is 0.200. The van der Waals surface area contributed by atoms with Crippen LogP contribution >= 0.6 is 0 Å². The van der Waals surface area contributed by atoms with E-state index in [2.05, 4.69) is 17.1 Å². The molecule has 0 bridgehead atoms. The Labute approximate surface area is 184 Å². The van der Waals surface area contributed by atoms with Gasteiger partial charge in [0.1, 0.15) is 0 Å². The zero-order chi connectivity index (χ0) is 21.3. The van der Waals surface area contributed by atoms with Gasteiger partial charge in [-0.1, -0.05) is 55.7 Å². The summed E-state index contributed by atoms with van der Waals surface area (Å²) in [6, 6.07) is 16.2. The average molecular weight is 418 g/mol. The molecule has 31 heavy (non-hydrogen) atoms. The van der Waals surface area contributed by atoms with Crippen molar-refractivity contribution in [3.63, 3.8) is 0 Å². The molecule has 2 amide bonds. The zero-order valence-corrected chi connectivity index (χ0v) is 18.1. The van der Waals surface area contributed by atoms with E-state index < -0.39 is 10.8 Å². The van der Waals surface area contributed by atoms with Gasteiger partial charge in [-0.2, -0.15) is 0 Å². The summed E-state index contributed by atoms with van der Waals surface area (Å²) < 4.78 is 0. The molecule has 2 aromatic rings. The van der Waals surface area contributed by atoms with E-state index in [0.717, 1.165) is 56.3 Å². The second-order valence-electron chi connectivity index (χ2n) is 9.56. The van der Waals surface area contributed by atoms with Crippen LogP contribution in [0.3, 0.4) is 0 Å². The predicted molar refractivity (Wildman–Crippen MR) is 119 cm³/mol. The molecule has 3 heterocycles. The molecule has 1 aromatic heterocycles. The highest BCUT2D eigenvalue weighted by molar-refractivity contribution is 5.91. The SMILES string of the molecule is O=C1N(Cc2ccccn2)CCC12CCN(C(=O)C1(c3ccccc3)CCCCC1)C2. The van der Waals surface area contributed by atoms with Crippen molar-refractivity contribution in [3.05, 3.63) is 66.0 Å². The second kappa shape index (κ2) is 8.10. The lowest BCUT2D eigenvalue weighted by molar-refractivity contribution is -0.140. The Morgan fingerprint density at radius 2 is 1.65 bits per heavy atom. The fourth-order valence-electron chi connectivity index (χ4n) is 6.00. The standard InChI is InChI=1S/C26H31N3O2/c30-23-25(14-17-28(23)19-22-11-5-8-16-27-22)15-18-29(20-25)24(31)26(12-6-2-7-13-26)21-9-3-1-4-10-21/h1,3-5,8-11,16H,2,6-7,12-15,17-20H2. The highest BCUT2D eigenvalue weighted by atomic mass is 16.2. The fraction of sp³-hybridized carbons (Fsp3) is 0.500. The lowest BCUT2D eigenvalue weighted by Crippen LogP contribution is -2.48. The lowest BCUT2D eigenvalue weighted by atomic mass is 9.68. The maximum Gasteiger partial charge on any atom is 0.233 e. The van der Waals surface area contributed by atoms with Crippen molar-refractivity contribution < 1.29 is 9.59 Å². The number of nitrogens with zero attached hydrogens (tertiary/aromatic N) is 3. The number of amides is 2. The van der Waals surface area contributed by atoms with Gasteiger partial charge in [-0.25, -0.2) is 0 Å². The van der Waals surface area contributed by atoms with Gasteiger partial charge < -0.3 is 9.80 Å². The summed E-state index contributed by atoms with van der Waals surface area (Å²) in [6.45, 7) is 2.57. The van der Waals surface area contributed by atoms with Crippen molar-refractivity contribution in [2.24, 2.45) is 5.41 Å². The molecule has 2 saturated heterocycles. The molecule has 1 saturated carbocycles. The topological polar surface area (TPSA) is 53.5 Å². The second-order valence-corrected chi connectivity index (χ2v) is 9.56. The van der Waals surface area contributed by atoms with Gasteiger partial charge in [0.05, 0.1) is 23.1 Å². The summed E-state index contributed by atoms with van der Waals surface area (Å²) in [4.78, 5) is 35.7. The minimum Gasteiger partial charge on any atom is -0.341 e. The lowest BCUT2D eigenvalue weighted by Gasteiger charge is -2.39. The number of hydrogen-bond acceptors (Lipinski definition) is 3. The normalized spacial score (nSPS) is 25.4. The maximum absolute atomic E-state index is 13.9. The van der Waals surface area contributed by atoms with E-state index in [0.29, 0.717) is 19.6 Å². The third kappa shape index (κ3) is 3.54. The largest absolute Gasteiger partial charge is 0.341 e. The number of rotatable bonds is 4. The summed E-state index contributed by atoms with van der Waals surface area (Å²) in [5.74, 6) is 0.442. The molecule has 1 aromatic carbocycles. The van der Waals surface area contributed by atoms with Crippen molar-refractivity contribution in [1.82, 2.24) is 14.8 Å². The molecule has 2 aliphatic heterocycles. The van der Waals surface area contributed by atoms with Crippen LogP contribution in [0.1, 0.15) is 56.2 Å². The van der Waals surface area contributed by atoms with E-state index >= 15 is 0 Å². The number of benzene rings is 1. The molecule has 1 spiro atoms. The van der Waals surface area contributed by atoms with E-state index in [4.69, 9.17) is 0 Å². The molecule has 0 N–H and O–H groups in total. The molecule has 0 radical (unpaired) electrons. The van der Waals surface area contributed by atoms with Gasteiger partial charge in [-0.05, 0) is 43.4 Å². The van der Waals surface area contributed by atoms with Crippen LogP contribution < -0.4 is 0 Å². The van der Waals surface area contributed by atoms with Crippen LogP contribution in [0.2, 0.25) is 0 Å². The Morgan fingerprint density at radius 1 is 0.903 bits per heavy atom. The Balaban J connectivity index is 1.34. The van der Waals surface area contributed by atoms with Gasteiger partial charge in [0.15, 0.2) is 0 Å². The van der Waals surface area contributed by atoms with Crippen molar-refractivity contribution in [2.75, 3.05) is 19.6 Å². The quantitative estimate of drug-likeness (QED) is 0.757. The number of carbonyl (C=O) groups excluding carboxylic acids is 2. The van der Waals surface area contributed by atoms with E-state index in [1.54, 1.807) is 6.20 Å². The van der Waals surface area contributed by atoms with Crippen LogP contribution in [-0.4, -0.2) is 46.2 Å². The van der Waals surface area contributed by atoms with Gasteiger partial charge in [0, 0.05) is 25.8 Å². The molecule has 162 valence electrons. The van der Waals surface area contributed by atoms with Crippen LogP contribution in [-0.2, 0) is 21.5 Å². The number of carbonyl (C=O) groups is 2. The van der Waals surface area contributed by atoms with Crippen LogP contribution in [0.15, 0.2) is 54.7 Å². The van der Waals surface area contributed by atoms with Gasteiger partial charge in [-0.15, -0.1) is 0 Å². The third-order valence-corrected chi connectivity index (χ3v) is 7.76. The Morgan fingerprint density at radius 3 is 2.39 bits per heavy atom. The summed E-state index contributed by atoms with van der Waals surface area (Å²) in [5.41, 5.74) is 1.25. The predicted octanol–water partition coefficient (Wildman–Crippen LogP) is 3.93. The van der Waals surface area contributed by atoms with Gasteiger partial charge >= 0.3 is 0 Å². The van der Waals surface area contributed by atoms with Crippen LogP contribution in [0, 0.1) is 5.41 Å². The monoisotopic (exact) mass is 417 g/mol. The third-order valence-electron chi connectivity index (χ3n) is 7.76. The maximum atomic E-state index is 13.9.